The maximum atomic E-state index is 12.4. The molecule has 1 saturated heterocycles. The molecule has 2 atom stereocenters. The highest BCUT2D eigenvalue weighted by Crippen LogP contribution is 2.30. The van der Waals surface area contributed by atoms with E-state index in [1.807, 2.05) is 53.4 Å². The Balaban J connectivity index is 1.44. The molecule has 1 fully saturated rings. The third-order valence-electron chi connectivity index (χ3n) is 4.39. The first-order valence-electron chi connectivity index (χ1n) is 7.97. The van der Waals surface area contributed by atoms with Crippen LogP contribution in [0.25, 0.3) is 6.08 Å². The second-order valence-corrected chi connectivity index (χ2v) is 5.96. The molecule has 4 rings (SSSR count). The highest BCUT2D eigenvalue weighted by molar-refractivity contribution is 6.04. The highest BCUT2D eigenvalue weighted by atomic mass is 16.6. The van der Waals surface area contributed by atoms with Gasteiger partial charge < -0.3 is 9.74 Å². The summed E-state index contributed by atoms with van der Waals surface area (Å²) in [5.74, 6) is 0.116. The average molecular weight is 319 g/mol. The van der Waals surface area contributed by atoms with Gasteiger partial charge in [0.25, 0.3) is 0 Å². The molecule has 1 aromatic carbocycles. The zero-order valence-corrected chi connectivity index (χ0v) is 13.1. The predicted octanol–water partition coefficient (Wildman–Crippen LogP) is 2.36. The van der Waals surface area contributed by atoms with Gasteiger partial charge in [-0.3, -0.25) is 9.78 Å². The van der Waals surface area contributed by atoms with E-state index in [0.29, 0.717) is 13.1 Å². The van der Waals surface area contributed by atoms with Gasteiger partial charge in [0.15, 0.2) is 6.10 Å². The lowest BCUT2D eigenvalue weighted by Crippen LogP contribution is -2.29. The van der Waals surface area contributed by atoms with Crippen LogP contribution in [0.1, 0.15) is 11.1 Å². The van der Waals surface area contributed by atoms with Gasteiger partial charge in [-0.15, -0.1) is 0 Å². The monoisotopic (exact) mass is 319 g/mol. The summed E-state index contributed by atoms with van der Waals surface area (Å²) in [6.07, 6.45) is 6.92. The van der Waals surface area contributed by atoms with E-state index in [2.05, 4.69) is 10.1 Å². The number of rotatable bonds is 3. The van der Waals surface area contributed by atoms with E-state index < -0.39 is 0 Å². The summed E-state index contributed by atoms with van der Waals surface area (Å²) >= 11 is 0. The number of likely N-dealkylation sites (tertiary alicyclic amines) is 1. The fraction of sp³-hybridized carbons (Fsp3) is 0.211. The molecule has 1 aromatic heterocycles. The summed E-state index contributed by atoms with van der Waals surface area (Å²) in [6, 6.07) is 13.7. The fourth-order valence-corrected chi connectivity index (χ4v) is 3.13. The Morgan fingerprint density at radius 1 is 1.17 bits per heavy atom. The van der Waals surface area contributed by atoms with E-state index in [0.717, 1.165) is 16.8 Å². The average Bonchev–Trinajstić information content (AvgIpc) is 3.22. The molecule has 5 nitrogen and oxygen atoms in total. The third-order valence-corrected chi connectivity index (χ3v) is 4.39. The second kappa shape index (κ2) is 6.28. The molecule has 0 aliphatic carbocycles. The molecule has 0 saturated carbocycles. The van der Waals surface area contributed by atoms with Crippen LogP contribution >= 0.6 is 0 Å². The van der Waals surface area contributed by atoms with Crippen LogP contribution in [-0.4, -0.2) is 40.7 Å². The number of carbonyl (C=O) groups excluding carboxylic acids is 1. The number of amides is 1. The molecule has 2 aliphatic heterocycles. The van der Waals surface area contributed by atoms with Gasteiger partial charge in [-0.25, -0.2) is 0 Å². The minimum atomic E-state index is -0.0609. The maximum Gasteiger partial charge on any atom is 0.246 e. The van der Waals surface area contributed by atoms with Crippen LogP contribution in [0.2, 0.25) is 0 Å². The Labute approximate surface area is 140 Å². The van der Waals surface area contributed by atoms with Crippen LogP contribution < -0.4 is 0 Å². The summed E-state index contributed by atoms with van der Waals surface area (Å²) in [7, 11) is 0. The Kier molecular flexibility index (Phi) is 3.83. The molecule has 2 aromatic rings. The van der Waals surface area contributed by atoms with Gasteiger partial charge >= 0.3 is 0 Å². The van der Waals surface area contributed by atoms with E-state index in [1.165, 1.54) is 0 Å². The quantitative estimate of drug-likeness (QED) is 0.816. The Hall–Kier alpha value is -2.95. The number of carbonyl (C=O) groups is 1. The topological polar surface area (TPSA) is 54.8 Å². The van der Waals surface area contributed by atoms with E-state index in [-0.39, 0.29) is 17.9 Å². The van der Waals surface area contributed by atoms with E-state index in [9.17, 15) is 4.79 Å². The van der Waals surface area contributed by atoms with Crippen LogP contribution in [0.15, 0.2) is 66.1 Å². The number of oxime groups is 1. The number of hydrogen-bond donors (Lipinski definition) is 0. The molecular weight excluding hydrogens is 302 g/mol. The molecule has 2 aliphatic rings. The molecule has 3 heterocycles. The van der Waals surface area contributed by atoms with Crippen molar-refractivity contribution in [3.05, 3.63) is 72.1 Å². The summed E-state index contributed by atoms with van der Waals surface area (Å²) in [4.78, 5) is 23.9. The van der Waals surface area contributed by atoms with Crippen molar-refractivity contribution >= 4 is 17.7 Å². The van der Waals surface area contributed by atoms with E-state index >= 15 is 0 Å². The molecular formula is C19H17N3O2. The molecule has 0 radical (unpaired) electrons. The zero-order valence-electron chi connectivity index (χ0n) is 13.1. The van der Waals surface area contributed by atoms with Gasteiger partial charge in [0, 0.05) is 30.6 Å². The van der Waals surface area contributed by atoms with Crippen LogP contribution in [0, 0.1) is 5.92 Å². The lowest BCUT2D eigenvalue weighted by Gasteiger charge is -2.14. The number of fused-ring (bicyclic) bond motifs is 1. The molecule has 24 heavy (non-hydrogen) atoms. The molecule has 0 N–H and O–H groups in total. The largest absolute Gasteiger partial charge is 0.390 e. The Morgan fingerprint density at radius 2 is 2.04 bits per heavy atom. The van der Waals surface area contributed by atoms with Gasteiger partial charge in [-0.2, -0.15) is 0 Å². The lowest BCUT2D eigenvalue weighted by molar-refractivity contribution is -0.125. The van der Waals surface area contributed by atoms with Crippen molar-refractivity contribution in [1.82, 2.24) is 9.88 Å². The number of hydrogen-bond acceptors (Lipinski definition) is 4. The summed E-state index contributed by atoms with van der Waals surface area (Å²) in [6.45, 7) is 1.19. The van der Waals surface area contributed by atoms with Crippen molar-refractivity contribution in [1.29, 1.82) is 0 Å². The molecule has 120 valence electrons. The van der Waals surface area contributed by atoms with Crippen LogP contribution in [0.4, 0.5) is 0 Å². The molecule has 0 spiro atoms. The fourth-order valence-electron chi connectivity index (χ4n) is 3.13. The van der Waals surface area contributed by atoms with Crippen LogP contribution in [0.3, 0.4) is 0 Å². The van der Waals surface area contributed by atoms with Crippen molar-refractivity contribution in [2.45, 2.75) is 6.10 Å². The SMILES string of the molecule is O=C(/C=C/c1ccccc1)N1CC2ON=C(c3cccnc3)C2C1. The first-order valence-corrected chi connectivity index (χ1v) is 7.97. The summed E-state index contributed by atoms with van der Waals surface area (Å²) in [5, 5.41) is 4.20. The van der Waals surface area contributed by atoms with Gasteiger partial charge in [0.1, 0.15) is 0 Å². The van der Waals surface area contributed by atoms with Crippen LogP contribution in [0.5, 0.6) is 0 Å². The first kappa shape index (κ1) is 14.6. The van der Waals surface area contributed by atoms with E-state index in [1.54, 1.807) is 18.5 Å². The Bertz CT molecular complexity index is 787. The first-order chi connectivity index (χ1) is 11.8. The molecule has 2 unspecified atom stereocenters. The van der Waals surface area contributed by atoms with E-state index in [4.69, 9.17) is 4.84 Å². The highest BCUT2D eigenvalue weighted by Gasteiger charge is 2.43. The molecule has 0 bridgehead atoms. The standard InChI is InChI=1S/C19H17N3O2/c23-18(9-8-14-5-2-1-3-6-14)22-12-16-17(13-22)24-21-19(16)15-7-4-10-20-11-15/h1-11,16-17H,12-13H2/b9-8+. The predicted molar refractivity (Wildman–Crippen MR) is 91.2 cm³/mol. The minimum absolute atomic E-state index is 0.00221. The second-order valence-electron chi connectivity index (χ2n) is 5.96. The van der Waals surface area contributed by atoms with Gasteiger partial charge in [-0.1, -0.05) is 35.5 Å². The zero-order chi connectivity index (χ0) is 16.4. The number of nitrogens with zero attached hydrogens (tertiary/aromatic N) is 3. The smallest absolute Gasteiger partial charge is 0.246 e. The summed E-state index contributed by atoms with van der Waals surface area (Å²) < 4.78 is 0. The lowest BCUT2D eigenvalue weighted by atomic mass is 9.96. The molecule has 5 heteroatoms. The van der Waals surface area contributed by atoms with Gasteiger partial charge in [0.05, 0.1) is 18.2 Å². The van der Waals surface area contributed by atoms with Crippen molar-refractivity contribution in [3.63, 3.8) is 0 Å². The maximum absolute atomic E-state index is 12.4. The van der Waals surface area contributed by atoms with Crippen molar-refractivity contribution in [2.24, 2.45) is 11.1 Å². The van der Waals surface area contributed by atoms with Gasteiger partial charge in [0.2, 0.25) is 5.91 Å². The Morgan fingerprint density at radius 3 is 2.83 bits per heavy atom. The molecule has 1 amide bonds. The minimum Gasteiger partial charge on any atom is -0.390 e. The number of benzene rings is 1. The number of aromatic nitrogens is 1. The van der Waals surface area contributed by atoms with Crippen LogP contribution in [-0.2, 0) is 9.63 Å². The van der Waals surface area contributed by atoms with Crippen molar-refractivity contribution in [3.8, 4) is 0 Å². The normalized spacial score (nSPS) is 22.3. The van der Waals surface area contributed by atoms with Gasteiger partial charge in [-0.05, 0) is 23.8 Å². The van der Waals surface area contributed by atoms with Crippen molar-refractivity contribution in [2.75, 3.05) is 13.1 Å². The summed E-state index contributed by atoms with van der Waals surface area (Å²) in [5.41, 5.74) is 2.86. The number of pyridine rings is 1. The third kappa shape index (κ3) is 2.80. The van der Waals surface area contributed by atoms with Crippen molar-refractivity contribution < 1.29 is 9.63 Å².